The summed E-state index contributed by atoms with van der Waals surface area (Å²) in [5, 5.41) is 2.50. The molecule has 0 fully saturated rings. The van der Waals surface area contributed by atoms with E-state index in [1.54, 1.807) is 0 Å². The highest BCUT2D eigenvalue weighted by atomic mass is 15.1. The molecule has 9 aromatic carbocycles. The van der Waals surface area contributed by atoms with Crippen LogP contribution in [0.2, 0.25) is 0 Å². The highest BCUT2D eigenvalue weighted by Gasteiger charge is 2.37. The minimum atomic E-state index is -0.216. The molecule has 11 rings (SSSR count). The molecule has 1 heterocycles. The van der Waals surface area contributed by atoms with E-state index in [1.807, 2.05) is 0 Å². The number of rotatable bonds is 8. The van der Waals surface area contributed by atoms with Gasteiger partial charge in [0, 0.05) is 56.0 Å². The van der Waals surface area contributed by atoms with Crippen LogP contribution in [0.4, 0.5) is 34.1 Å². The lowest BCUT2D eigenvalue weighted by molar-refractivity contribution is 0.661. The van der Waals surface area contributed by atoms with Gasteiger partial charge < -0.3 is 14.4 Å². The van der Waals surface area contributed by atoms with Gasteiger partial charge in [-0.3, -0.25) is 0 Å². The van der Waals surface area contributed by atoms with Crippen LogP contribution < -0.4 is 9.80 Å². The van der Waals surface area contributed by atoms with E-state index in [-0.39, 0.29) is 5.41 Å². The Morgan fingerprint density at radius 3 is 1.32 bits per heavy atom. The Kier molecular flexibility index (Phi) is 8.49. The smallest absolute Gasteiger partial charge is 0.0544 e. The molecule has 3 nitrogen and oxygen atoms in total. The van der Waals surface area contributed by atoms with E-state index in [9.17, 15) is 0 Å². The van der Waals surface area contributed by atoms with Gasteiger partial charge in [-0.1, -0.05) is 129 Å². The average Bonchev–Trinajstić information content (AvgIpc) is 3.74. The van der Waals surface area contributed by atoms with Crippen molar-refractivity contribution in [1.29, 1.82) is 0 Å². The molecule has 0 aliphatic heterocycles. The number of nitrogens with zero attached hydrogens (tertiary/aromatic N) is 3. The zero-order valence-corrected chi connectivity index (χ0v) is 33.7. The van der Waals surface area contributed by atoms with Crippen LogP contribution in [0.15, 0.2) is 224 Å². The van der Waals surface area contributed by atoms with Crippen LogP contribution in [-0.4, -0.2) is 4.57 Å². The lowest BCUT2D eigenvalue weighted by atomic mass is 9.82. The Labute approximate surface area is 351 Å². The summed E-state index contributed by atoms with van der Waals surface area (Å²) in [5.41, 5.74) is 17.9. The molecular formula is C57H43N3. The second-order valence-electron chi connectivity index (χ2n) is 16.2. The second-order valence-corrected chi connectivity index (χ2v) is 16.2. The number of hydrogen-bond donors (Lipinski definition) is 0. The van der Waals surface area contributed by atoms with Crippen molar-refractivity contribution in [2.24, 2.45) is 0 Å². The lowest BCUT2D eigenvalue weighted by Gasteiger charge is -2.28. The van der Waals surface area contributed by atoms with E-state index in [0.717, 1.165) is 39.8 Å². The zero-order chi connectivity index (χ0) is 40.2. The van der Waals surface area contributed by atoms with Crippen molar-refractivity contribution in [3.8, 4) is 27.9 Å². The van der Waals surface area contributed by atoms with Gasteiger partial charge in [-0.2, -0.15) is 0 Å². The van der Waals surface area contributed by atoms with Crippen molar-refractivity contribution in [2.75, 3.05) is 9.80 Å². The molecule has 0 saturated heterocycles. The molecule has 0 radical (unpaired) electrons. The fraction of sp³-hybridized carbons (Fsp3) is 0.0526. The van der Waals surface area contributed by atoms with Gasteiger partial charge in [0.05, 0.1) is 11.0 Å². The predicted molar refractivity (Wildman–Crippen MR) is 253 cm³/mol. The third-order valence-electron chi connectivity index (χ3n) is 12.3. The van der Waals surface area contributed by atoms with Crippen molar-refractivity contribution in [1.82, 2.24) is 4.57 Å². The molecule has 0 N–H and O–H groups in total. The number of benzene rings is 9. The Balaban J connectivity index is 1.05. The van der Waals surface area contributed by atoms with Crippen LogP contribution in [0.25, 0.3) is 49.7 Å². The first-order valence-electron chi connectivity index (χ1n) is 20.8. The summed E-state index contributed by atoms with van der Waals surface area (Å²) in [6, 6.07) is 81.3. The molecular weight excluding hydrogens is 727 g/mol. The van der Waals surface area contributed by atoms with Crippen LogP contribution in [0, 0.1) is 0 Å². The van der Waals surface area contributed by atoms with Gasteiger partial charge in [0.25, 0.3) is 0 Å². The topological polar surface area (TPSA) is 11.4 Å². The van der Waals surface area contributed by atoms with E-state index in [0.29, 0.717) is 0 Å². The molecule has 0 amide bonds. The van der Waals surface area contributed by atoms with Gasteiger partial charge in [0.1, 0.15) is 0 Å². The molecule has 286 valence electrons. The molecule has 1 aliphatic carbocycles. The molecule has 60 heavy (non-hydrogen) atoms. The van der Waals surface area contributed by atoms with Crippen LogP contribution >= 0.6 is 0 Å². The largest absolute Gasteiger partial charge is 0.311 e. The maximum atomic E-state index is 2.47. The first kappa shape index (κ1) is 35.5. The van der Waals surface area contributed by atoms with Crippen molar-refractivity contribution < 1.29 is 0 Å². The predicted octanol–water partition coefficient (Wildman–Crippen LogP) is 15.7. The van der Waals surface area contributed by atoms with Gasteiger partial charge in [-0.05, 0) is 143 Å². The maximum absolute atomic E-state index is 2.47. The molecule has 10 aromatic rings. The Morgan fingerprint density at radius 1 is 0.333 bits per heavy atom. The number of hydrogen-bond acceptors (Lipinski definition) is 2. The molecule has 0 atom stereocenters. The van der Waals surface area contributed by atoms with E-state index in [4.69, 9.17) is 0 Å². The third kappa shape index (κ3) is 5.89. The first-order valence-corrected chi connectivity index (χ1v) is 20.8. The molecule has 0 unspecified atom stereocenters. The van der Waals surface area contributed by atoms with Gasteiger partial charge in [-0.25, -0.2) is 0 Å². The first-order chi connectivity index (χ1) is 29.5. The Hall–Kier alpha value is -7.62. The summed E-state index contributed by atoms with van der Waals surface area (Å²) in [6.45, 7) is 4.77. The number of aromatic nitrogens is 1. The highest BCUT2D eigenvalue weighted by molar-refractivity contribution is 6.13. The number of para-hydroxylation sites is 5. The summed E-state index contributed by atoms with van der Waals surface area (Å²) < 4.78 is 2.45. The maximum Gasteiger partial charge on any atom is 0.0544 e. The normalized spacial score (nSPS) is 12.6. The van der Waals surface area contributed by atoms with Crippen molar-refractivity contribution in [3.63, 3.8) is 0 Å². The fourth-order valence-electron chi connectivity index (χ4n) is 9.41. The Bertz CT molecular complexity index is 3060. The summed E-state index contributed by atoms with van der Waals surface area (Å²) >= 11 is 0. The van der Waals surface area contributed by atoms with Gasteiger partial charge in [0.2, 0.25) is 0 Å². The summed E-state index contributed by atoms with van der Waals surface area (Å²) in [5.74, 6) is 0. The third-order valence-corrected chi connectivity index (χ3v) is 12.3. The quantitative estimate of drug-likeness (QED) is 0.152. The molecule has 0 saturated carbocycles. The lowest BCUT2D eigenvalue weighted by Crippen LogP contribution is -2.16. The van der Waals surface area contributed by atoms with Crippen molar-refractivity contribution in [2.45, 2.75) is 19.3 Å². The highest BCUT2D eigenvalue weighted by Crippen LogP contribution is 2.53. The molecule has 3 heteroatoms. The van der Waals surface area contributed by atoms with Crippen molar-refractivity contribution >= 4 is 55.9 Å². The molecule has 1 aromatic heterocycles. The fourth-order valence-corrected chi connectivity index (χ4v) is 9.41. The minimum Gasteiger partial charge on any atom is -0.311 e. The number of anilines is 6. The van der Waals surface area contributed by atoms with Crippen LogP contribution in [-0.2, 0) is 5.41 Å². The summed E-state index contributed by atoms with van der Waals surface area (Å²) in [4.78, 5) is 4.67. The average molecular weight is 770 g/mol. The molecule has 0 bridgehead atoms. The Morgan fingerprint density at radius 2 is 0.767 bits per heavy atom. The van der Waals surface area contributed by atoms with E-state index < -0.39 is 0 Å². The van der Waals surface area contributed by atoms with Crippen LogP contribution in [0.3, 0.4) is 0 Å². The SMILES string of the molecule is CC1(C)c2cc(N(c3ccccc3)c3ccccc3)ccc2-c2cc3c4cc(-c5ccc(N(c6ccccc6)c6ccccc6)cc5)ccc4n(-c4ccccc4)c3cc21. The standard InChI is InChI=1S/C57H43N3/c1-57(2)53-37-48(59(44-22-12-5-13-23-44)45-24-14-6-15-25-45)33-34-49(53)50-38-52-51-36-41(30-35-55(51)60(56(52)39-54(50)57)46-26-16-7-17-27-46)40-28-31-47(32-29-40)58(42-18-8-3-9-19-42)43-20-10-4-11-21-43/h3-39H,1-2H3. The van der Waals surface area contributed by atoms with E-state index >= 15 is 0 Å². The second kappa shape index (κ2) is 14.3. The van der Waals surface area contributed by atoms with Gasteiger partial charge >= 0.3 is 0 Å². The monoisotopic (exact) mass is 769 g/mol. The zero-order valence-electron chi connectivity index (χ0n) is 33.7. The summed E-state index contributed by atoms with van der Waals surface area (Å²) in [6.07, 6.45) is 0. The minimum absolute atomic E-state index is 0.216. The van der Waals surface area contributed by atoms with Gasteiger partial charge in [-0.15, -0.1) is 0 Å². The summed E-state index contributed by atoms with van der Waals surface area (Å²) in [7, 11) is 0. The number of fused-ring (bicyclic) bond motifs is 6. The van der Waals surface area contributed by atoms with Gasteiger partial charge in [0.15, 0.2) is 0 Å². The molecule has 0 spiro atoms. The molecule has 1 aliphatic rings. The van der Waals surface area contributed by atoms with Crippen LogP contribution in [0.1, 0.15) is 25.0 Å². The van der Waals surface area contributed by atoms with Crippen molar-refractivity contribution in [3.05, 3.63) is 236 Å². The van der Waals surface area contributed by atoms with Crippen LogP contribution in [0.5, 0.6) is 0 Å². The van der Waals surface area contributed by atoms with E-state index in [2.05, 4.69) is 253 Å². The van der Waals surface area contributed by atoms with E-state index in [1.165, 1.54) is 55.2 Å².